The Morgan fingerprint density at radius 3 is 2.41 bits per heavy atom. The van der Waals surface area contributed by atoms with Gasteiger partial charge in [0.1, 0.15) is 17.6 Å². The predicted octanol–water partition coefficient (Wildman–Crippen LogP) is 5.78. The van der Waals surface area contributed by atoms with Crippen molar-refractivity contribution in [3.63, 3.8) is 0 Å². The Hall–Kier alpha value is -3.38. The molecule has 2 heterocycles. The van der Waals surface area contributed by atoms with E-state index in [0.29, 0.717) is 17.0 Å². The number of nitrogens with zero attached hydrogens (tertiary/aromatic N) is 1. The van der Waals surface area contributed by atoms with Gasteiger partial charge in [-0.05, 0) is 69.0 Å². The van der Waals surface area contributed by atoms with Gasteiger partial charge in [0.05, 0.1) is 11.7 Å². The van der Waals surface area contributed by atoms with E-state index < -0.39 is 17.7 Å². The number of hydrogen-bond donors (Lipinski definition) is 1. The molecule has 1 amide bonds. The van der Waals surface area contributed by atoms with E-state index in [2.05, 4.69) is 0 Å². The van der Waals surface area contributed by atoms with Crippen molar-refractivity contribution >= 4 is 34.5 Å². The van der Waals surface area contributed by atoms with Gasteiger partial charge in [-0.1, -0.05) is 29.8 Å². The minimum absolute atomic E-state index is 0.0340. The summed E-state index contributed by atoms with van der Waals surface area (Å²) in [6.07, 6.45) is -0.0340. The molecular weight excluding hydrogens is 422 g/mol. The smallest absolute Gasteiger partial charge is 0.300 e. The number of Topliss-reactive ketones (excluding diaryl/α,β-unsaturated/α-hetero) is 1. The fraction of sp³-hybridized carbons (Fsp3) is 0.231. The average molecular weight is 448 g/mol. The summed E-state index contributed by atoms with van der Waals surface area (Å²) in [4.78, 5) is 28.7. The van der Waals surface area contributed by atoms with Crippen LogP contribution in [0, 0.1) is 13.8 Å². The molecule has 5 nitrogen and oxygen atoms in total. The second kappa shape index (κ2) is 8.63. The largest absolute Gasteiger partial charge is 0.507 e. The topological polar surface area (TPSA) is 66.8 Å². The molecule has 3 aromatic rings. The highest BCUT2D eigenvalue weighted by Crippen LogP contribution is 2.45. The third kappa shape index (κ3) is 3.94. The lowest BCUT2D eigenvalue weighted by molar-refractivity contribution is -0.132. The van der Waals surface area contributed by atoms with E-state index in [0.717, 1.165) is 16.0 Å². The summed E-state index contributed by atoms with van der Waals surface area (Å²) >= 11 is 1.46. The van der Waals surface area contributed by atoms with Crippen LogP contribution >= 0.6 is 11.3 Å². The summed E-state index contributed by atoms with van der Waals surface area (Å²) in [6.45, 7) is 7.74. The summed E-state index contributed by atoms with van der Waals surface area (Å²) in [5, 5.41) is 13.2. The van der Waals surface area contributed by atoms with Crippen LogP contribution in [-0.4, -0.2) is 22.9 Å². The molecule has 1 aromatic heterocycles. The van der Waals surface area contributed by atoms with Crippen LogP contribution in [0.25, 0.3) is 5.76 Å². The fourth-order valence-corrected chi connectivity index (χ4v) is 4.89. The summed E-state index contributed by atoms with van der Waals surface area (Å²) < 4.78 is 5.74. The molecule has 1 aliphatic rings. The summed E-state index contributed by atoms with van der Waals surface area (Å²) in [5.74, 6) is -0.968. The molecule has 0 saturated carbocycles. The first-order chi connectivity index (χ1) is 15.3. The quantitative estimate of drug-likeness (QED) is 0.306. The number of ketones is 1. The Morgan fingerprint density at radius 2 is 1.78 bits per heavy atom. The van der Waals surface area contributed by atoms with E-state index in [1.807, 2.05) is 63.4 Å². The monoisotopic (exact) mass is 447 g/mol. The Morgan fingerprint density at radius 1 is 1.06 bits per heavy atom. The van der Waals surface area contributed by atoms with Crippen LogP contribution in [0.4, 0.5) is 5.69 Å². The Labute approximate surface area is 191 Å². The maximum atomic E-state index is 13.2. The number of ether oxygens (including phenoxy) is 1. The van der Waals surface area contributed by atoms with E-state index in [1.54, 1.807) is 24.3 Å². The lowest BCUT2D eigenvalue weighted by atomic mass is 9.98. The average Bonchev–Trinajstić information content (AvgIpc) is 3.29. The number of amides is 1. The lowest BCUT2D eigenvalue weighted by Crippen LogP contribution is -2.29. The van der Waals surface area contributed by atoms with Crippen molar-refractivity contribution in [2.24, 2.45) is 0 Å². The van der Waals surface area contributed by atoms with Gasteiger partial charge in [-0.25, -0.2) is 0 Å². The molecule has 1 N–H and O–H groups in total. The zero-order valence-corrected chi connectivity index (χ0v) is 19.3. The zero-order valence-electron chi connectivity index (χ0n) is 18.5. The van der Waals surface area contributed by atoms with Gasteiger partial charge in [-0.2, -0.15) is 0 Å². The molecule has 0 aliphatic carbocycles. The maximum absolute atomic E-state index is 13.2. The lowest BCUT2D eigenvalue weighted by Gasteiger charge is -2.25. The van der Waals surface area contributed by atoms with E-state index >= 15 is 0 Å². The molecule has 164 valence electrons. The number of carbonyl (C=O) groups is 2. The van der Waals surface area contributed by atoms with Crippen LogP contribution < -0.4 is 9.64 Å². The van der Waals surface area contributed by atoms with Crippen molar-refractivity contribution < 1.29 is 19.4 Å². The molecule has 1 aliphatic heterocycles. The second-order valence-electron chi connectivity index (χ2n) is 8.17. The van der Waals surface area contributed by atoms with Crippen LogP contribution in [0.2, 0.25) is 0 Å². The van der Waals surface area contributed by atoms with Crippen LogP contribution in [-0.2, 0) is 9.59 Å². The van der Waals surface area contributed by atoms with Gasteiger partial charge in [0.25, 0.3) is 11.7 Å². The van der Waals surface area contributed by atoms with E-state index in [4.69, 9.17) is 4.74 Å². The zero-order chi connectivity index (χ0) is 23.0. The number of rotatable bonds is 5. The Bertz CT molecular complexity index is 1210. The standard InChI is InChI=1S/C26H25NO4S/c1-15(2)31-20-7-5-6-18(14-20)23(28)21-22(25-17(4)12-13-32-25)27(26(30)24(21)29)19-10-8-16(3)9-11-19/h5-15,22,28H,1-4H3/b23-21-. The SMILES string of the molecule is Cc1ccc(N2C(=O)C(=O)/C(=C(\O)c3cccc(OC(C)C)c3)C2c2sccc2C)cc1. The third-order valence-electron chi connectivity index (χ3n) is 5.39. The first-order valence-electron chi connectivity index (χ1n) is 10.5. The van der Waals surface area contributed by atoms with Gasteiger partial charge in [0.2, 0.25) is 0 Å². The van der Waals surface area contributed by atoms with Gasteiger partial charge in [0.15, 0.2) is 0 Å². The highest BCUT2D eigenvalue weighted by molar-refractivity contribution is 7.10. The predicted molar refractivity (Wildman–Crippen MR) is 127 cm³/mol. The van der Waals surface area contributed by atoms with Gasteiger partial charge in [-0.3, -0.25) is 14.5 Å². The van der Waals surface area contributed by atoms with Crippen molar-refractivity contribution in [1.29, 1.82) is 0 Å². The minimum Gasteiger partial charge on any atom is -0.507 e. The fourth-order valence-electron chi connectivity index (χ4n) is 3.86. The van der Waals surface area contributed by atoms with Gasteiger partial charge < -0.3 is 9.84 Å². The number of thiophene rings is 1. The summed E-state index contributed by atoms with van der Waals surface area (Å²) in [5.41, 5.74) is 3.15. The summed E-state index contributed by atoms with van der Waals surface area (Å²) in [7, 11) is 0. The van der Waals surface area contributed by atoms with Crippen LogP contribution in [0.3, 0.4) is 0 Å². The number of hydrogen-bond acceptors (Lipinski definition) is 5. The van der Waals surface area contributed by atoms with E-state index in [-0.39, 0.29) is 17.4 Å². The Balaban J connectivity index is 1.90. The molecular formula is C26H25NO4S. The molecule has 0 radical (unpaired) electrons. The molecule has 6 heteroatoms. The van der Waals surface area contributed by atoms with Crippen LogP contribution in [0.15, 0.2) is 65.6 Å². The molecule has 1 atom stereocenters. The maximum Gasteiger partial charge on any atom is 0.300 e. The normalized spacial score (nSPS) is 17.9. The number of anilines is 1. The van der Waals surface area contributed by atoms with Crippen molar-refractivity contribution in [3.05, 3.63) is 87.1 Å². The molecule has 4 rings (SSSR count). The van der Waals surface area contributed by atoms with Crippen molar-refractivity contribution in [2.75, 3.05) is 4.90 Å². The van der Waals surface area contributed by atoms with Crippen molar-refractivity contribution in [1.82, 2.24) is 0 Å². The number of carbonyl (C=O) groups excluding carboxylic acids is 2. The van der Waals surface area contributed by atoms with Gasteiger partial charge in [0, 0.05) is 16.1 Å². The Kier molecular flexibility index (Phi) is 5.89. The van der Waals surface area contributed by atoms with Crippen LogP contribution in [0.5, 0.6) is 5.75 Å². The van der Waals surface area contributed by atoms with Crippen molar-refractivity contribution in [2.45, 2.75) is 39.8 Å². The highest BCUT2D eigenvalue weighted by Gasteiger charge is 2.47. The third-order valence-corrected chi connectivity index (χ3v) is 6.46. The first-order valence-corrected chi connectivity index (χ1v) is 11.3. The minimum atomic E-state index is -0.702. The molecule has 1 unspecified atom stereocenters. The van der Waals surface area contributed by atoms with E-state index in [1.165, 1.54) is 16.2 Å². The summed E-state index contributed by atoms with van der Waals surface area (Å²) in [6, 6.07) is 15.7. The van der Waals surface area contributed by atoms with E-state index in [9.17, 15) is 14.7 Å². The number of benzene rings is 2. The number of aliphatic hydroxyl groups is 1. The van der Waals surface area contributed by atoms with Gasteiger partial charge >= 0.3 is 0 Å². The molecule has 1 fully saturated rings. The molecule has 32 heavy (non-hydrogen) atoms. The molecule has 1 saturated heterocycles. The van der Waals surface area contributed by atoms with Crippen molar-refractivity contribution in [3.8, 4) is 5.75 Å². The number of aryl methyl sites for hydroxylation is 2. The second-order valence-corrected chi connectivity index (χ2v) is 9.11. The first kappa shape index (κ1) is 21.8. The molecule has 2 aromatic carbocycles. The highest BCUT2D eigenvalue weighted by atomic mass is 32.1. The molecule has 0 bridgehead atoms. The number of aliphatic hydroxyl groups excluding tert-OH is 1. The van der Waals surface area contributed by atoms with Gasteiger partial charge in [-0.15, -0.1) is 11.3 Å². The molecule has 0 spiro atoms. The van der Waals surface area contributed by atoms with Crippen LogP contribution in [0.1, 0.15) is 41.5 Å².